The zero-order valence-electron chi connectivity index (χ0n) is 9.73. The van der Waals surface area contributed by atoms with Crippen molar-refractivity contribution in [3.05, 3.63) is 23.4 Å². The first kappa shape index (κ1) is 11.6. The lowest BCUT2D eigenvalue weighted by atomic mass is 10.1. The minimum Gasteiger partial charge on any atom is -0.464 e. The number of ketones is 1. The van der Waals surface area contributed by atoms with E-state index in [4.69, 9.17) is 4.74 Å². The van der Waals surface area contributed by atoms with Crippen LogP contribution in [0.1, 0.15) is 20.3 Å². The predicted molar refractivity (Wildman–Crippen MR) is 58.7 cm³/mol. The molecule has 1 atom stereocenters. The molecule has 0 fully saturated rings. The molecule has 0 bridgehead atoms. The lowest BCUT2D eigenvalue weighted by Gasteiger charge is -2.27. The van der Waals surface area contributed by atoms with Crippen LogP contribution in [0.15, 0.2) is 23.4 Å². The Kier molecular flexibility index (Phi) is 2.83. The Hall–Kier alpha value is -1.91. The van der Waals surface area contributed by atoms with E-state index in [2.05, 4.69) is 0 Å². The van der Waals surface area contributed by atoms with Gasteiger partial charge < -0.3 is 4.74 Å². The Bertz CT molecular complexity index is 461. The van der Waals surface area contributed by atoms with Gasteiger partial charge in [0.25, 0.3) is 0 Å². The van der Waals surface area contributed by atoms with Crippen molar-refractivity contribution in [1.29, 1.82) is 0 Å². The molecule has 2 aliphatic rings. The van der Waals surface area contributed by atoms with Crippen molar-refractivity contribution in [1.82, 2.24) is 4.90 Å². The smallest absolute Gasteiger partial charge is 0.333 e. The van der Waals surface area contributed by atoms with Gasteiger partial charge in [-0.2, -0.15) is 0 Å². The summed E-state index contributed by atoms with van der Waals surface area (Å²) >= 11 is 0. The van der Waals surface area contributed by atoms with Crippen LogP contribution in [0.5, 0.6) is 0 Å². The Morgan fingerprint density at radius 2 is 2.18 bits per heavy atom. The summed E-state index contributed by atoms with van der Waals surface area (Å²) in [4.78, 5) is 36.1. The average molecular weight is 235 g/mol. The van der Waals surface area contributed by atoms with Crippen LogP contribution < -0.4 is 0 Å². The first-order valence-corrected chi connectivity index (χ1v) is 5.46. The van der Waals surface area contributed by atoms with Crippen molar-refractivity contribution in [2.24, 2.45) is 0 Å². The number of nitrogens with zero attached hydrogens (tertiary/aromatic N) is 1. The minimum absolute atomic E-state index is 0.180. The highest BCUT2D eigenvalue weighted by molar-refractivity contribution is 6.09. The Morgan fingerprint density at radius 3 is 2.82 bits per heavy atom. The molecule has 2 rings (SSSR count). The second-order valence-electron chi connectivity index (χ2n) is 4.02. The zero-order valence-corrected chi connectivity index (χ0v) is 9.73. The van der Waals surface area contributed by atoms with Crippen LogP contribution in [0, 0.1) is 0 Å². The summed E-state index contributed by atoms with van der Waals surface area (Å²) in [5.74, 6) is -1.03. The zero-order chi connectivity index (χ0) is 12.6. The first-order valence-electron chi connectivity index (χ1n) is 5.46. The van der Waals surface area contributed by atoms with Gasteiger partial charge in [0.05, 0.1) is 13.0 Å². The summed E-state index contributed by atoms with van der Waals surface area (Å²) < 4.78 is 4.93. The number of fused-ring (bicyclic) bond motifs is 1. The highest BCUT2D eigenvalue weighted by Gasteiger charge is 2.41. The van der Waals surface area contributed by atoms with Gasteiger partial charge in [0, 0.05) is 11.8 Å². The van der Waals surface area contributed by atoms with E-state index in [-0.39, 0.29) is 24.7 Å². The summed E-state index contributed by atoms with van der Waals surface area (Å²) in [6.07, 6.45) is 2.89. The maximum atomic E-state index is 11.8. The topological polar surface area (TPSA) is 63.7 Å². The van der Waals surface area contributed by atoms with E-state index in [0.29, 0.717) is 5.70 Å². The maximum absolute atomic E-state index is 11.8. The van der Waals surface area contributed by atoms with Crippen molar-refractivity contribution in [2.75, 3.05) is 6.61 Å². The van der Waals surface area contributed by atoms with Crippen molar-refractivity contribution in [3.63, 3.8) is 0 Å². The molecule has 90 valence electrons. The lowest BCUT2D eigenvalue weighted by Crippen LogP contribution is -2.44. The number of allylic oxidation sites excluding steroid dienone is 2. The molecule has 5 heteroatoms. The molecule has 0 saturated carbocycles. The molecule has 17 heavy (non-hydrogen) atoms. The maximum Gasteiger partial charge on any atom is 0.333 e. The average Bonchev–Trinajstić information content (AvgIpc) is 2.54. The van der Waals surface area contributed by atoms with Crippen LogP contribution in [-0.2, 0) is 19.1 Å². The molecular weight excluding hydrogens is 222 g/mol. The molecule has 0 saturated heterocycles. The molecule has 5 nitrogen and oxygen atoms in total. The Labute approximate surface area is 98.7 Å². The van der Waals surface area contributed by atoms with Crippen LogP contribution >= 0.6 is 0 Å². The molecule has 0 aromatic rings. The lowest BCUT2D eigenvalue weighted by molar-refractivity contribution is -0.152. The van der Waals surface area contributed by atoms with Gasteiger partial charge in [0.15, 0.2) is 11.8 Å². The van der Waals surface area contributed by atoms with Gasteiger partial charge in [-0.3, -0.25) is 14.5 Å². The fourth-order valence-electron chi connectivity index (χ4n) is 2.10. The third-order valence-electron chi connectivity index (χ3n) is 2.76. The number of esters is 1. The molecule has 1 unspecified atom stereocenters. The van der Waals surface area contributed by atoms with E-state index >= 15 is 0 Å². The Morgan fingerprint density at radius 1 is 1.47 bits per heavy atom. The summed E-state index contributed by atoms with van der Waals surface area (Å²) in [5.41, 5.74) is 1.21. The summed E-state index contributed by atoms with van der Waals surface area (Å²) in [6, 6.07) is -0.707. The van der Waals surface area contributed by atoms with Gasteiger partial charge in [-0.05, 0) is 25.5 Å². The third-order valence-corrected chi connectivity index (χ3v) is 2.76. The van der Waals surface area contributed by atoms with Gasteiger partial charge >= 0.3 is 5.97 Å². The van der Waals surface area contributed by atoms with E-state index in [1.54, 1.807) is 19.9 Å². The van der Waals surface area contributed by atoms with E-state index in [9.17, 15) is 14.4 Å². The molecule has 2 heterocycles. The highest BCUT2D eigenvalue weighted by Crippen LogP contribution is 2.30. The van der Waals surface area contributed by atoms with Crippen molar-refractivity contribution >= 4 is 17.7 Å². The van der Waals surface area contributed by atoms with Gasteiger partial charge in [-0.15, -0.1) is 0 Å². The molecular formula is C12H13NO4. The monoisotopic (exact) mass is 235 g/mol. The molecule has 0 radical (unpaired) electrons. The fraction of sp³-hybridized carbons (Fsp3) is 0.417. The van der Waals surface area contributed by atoms with E-state index in [0.717, 1.165) is 5.57 Å². The summed E-state index contributed by atoms with van der Waals surface area (Å²) in [7, 11) is 0. The standard InChI is InChI=1S/C12H13NO4/c1-3-17-12(16)11-7(2)4-8-5-9(14)6-10(15)13(8)11/h4-5,11H,3,6H2,1-2H3. The number of hydrogen-bond donors (Lipinski definition) is 0. The van der Waals surface area contributed by atoms with Crippen LogP contribution in [0.2, 0.25) is 0 Å². The second kappa shape index (κ2) is 4.16. The third kappa shape index (κ3) is 1.88. The number of carbonyl (C=O) groups excluding carboxylic acids is 3. The second-order valence-corrected chi connectivity index (χ2v) is 4.02. The summed E-state index contributed by atoms with van der Waals surface area (Å²) in [6.45, 7) is 3.73. The predicted octanol–water partition coefficient (Wildman–Crippen LogP) is 0.563. The SMILES string of the molecule is CCOC(=O)C1C(C)=CC2=CC(=O)CC(=O)N21. The molecule has 1 amide bonds. The van der Waals surface area contributed by atoms with Gasteiger partial charge in [-0.25, -0.2) is 4.79 Å². The molecule has 0 aromatic carbocycles. The Balaban J connectivity index is 2.34. The molecule has 0 spiro atoms. The molecule has 2 aliphatic heterocycles. The number of rotatable bonds is 2. The minimum atomic E-state index is -0.707. The largest absolute Gasteiger partial charge is 0.464 e. The number of amides is 1. The number of hydrogen-bond acceptors (Lipinski definition) is 4. The van der Waals surface area contributed by atoms with Crippen molar-refractivity contribution < 1.29 is 19.1 Å². The van der Waals surface area contributed by atoms with Crippen molar-refractivity contribution in [2.45, 2.75) is 26.3 Å². The van der Waals surface area contributed by atoms with Crippen LogP contribution in [0.25, 0.3) is 0 Å². The quantitative estimate of drug-likeness (QED) is 0.518. The number of ether oxygens (including phenoxy) is 1. The van der Waals surface area contributed by atoms with Crippen LogP contribution in [0.3, 0.4) is 0 Å². The van der Waals surface area contributed by atoms with Gasteiger partial charge in [0.2, 0.25) is 5.91 Å². The van der Waals surface area contributed by atoms with Gasteiger partial charge in [-0.1, -0.05) is 0 Å². The van der Waals surface area contributed by atoms with E-state index in [1.807, 2.05) is 0 Å². The van der Waals surface area contributed by atoms with Crippen LogP contribution in [0.4, 0.5) is 0 Å². The van der Waals surface area contributed by atoms with Crippen molar-refractivity contribution in [3.8, 4) is 0 Å². The van der Waals surface area contributed by atoms with Crippen LogP contribution in [-0.4, -0.2) is 35.2 Å². The fourth-order valence-corrected chi connectivity index (χ4v) is 2.10. The molecule has 0 aromatic heterocycles. The van der Waals surface area contributed by atoms with E-state index < -0.39 is 12.0 Å². The normalized spacial score (nSPS) is 23.2. The van der Waals surface area contributed by atoms with E-state index in [1.165, 1.54) is 11.0 Å². The number of carbonyl (C=O) groups is 3. The first-order chi connectivity index (χ1) is 8.04. The highest BCUT2D eigenvalue weighted by atomic mass is 16.5. The molecule has 0 aliphatic carbocycles. The summed E-state index contributed by atoms with van der Waals surface area (Å²) in [5, 5.41) is 0. The molecule has 0 N–H and O–H groups in total. The van der Waals surface area contributed by atoms with Gasteiger partial charge in [0.1, 0.15) is 0 Å².